The summed E-state index contributed by atoms with van der Waals surface area (Å²) in [7, 11) is 0. The Bertz CT molecular complexity index is 437. The van der Waals surface area contributed by atoms with Gasteiger partial charge in [0.05, 0.1) is 11.0 Å². The van der Waals surface area contributed by atoms with Gasteiger partial charge in [-0.2, -0.15) is 0 Å². The molecular formula is C11H13N3O2. The zero-order valence-corrected chi connectivity index (χ0v) is 8.93. The second kappa shape index (κ2) is 5.03. The molecular weight excluding hydrogens is 206 g/mol. The maximum absolute atomic E-state index is 10.5. The van der Waals surface area contributed by atoms with Crippen LogP contribution in [0.2, 0.25) is 0 Å². The molecule has 16 heavy (non-hydrogen) atoms. The summed E-state index contributed by atoms with van der Waals surface area (Å²) < 4.78 is 0. The molecule has 1 atom stereocenters. The lowest BCUT2D eigenvalue weighted by Gasteiger charge is -2.12. The summed E-state index contributed by atoms with van der Waals surface area (Å²) in [5.41, 5.74) is 6.26. The molecule has 5 nitrogen and oxygen atoms in total. The van der Waals surface area contributed by atoms with E-state index in [1.54, 1.807) is 6.07 Å². The van der Waals surface area contributed by atoms with Crippen molar-refractivity contribution in [2.45, 2.75) is 19.4 Å². The minimum Gasteiger partial charge on any atom is -0.393 e. The van der Waals surface area contributed by atoms with Crippen LogP contribution in [0, 0.1) is 22.5 Å². The highest BCUT2D eigenvalue weighted by atomic mass is 16.6. The third-order valence-corrected chi connectivity index (χ3v) is 2.17. The predicted octanol–water partition coefficient (Wildman–Crippen LogP) is 2.00. The van der Waals surface area contributed by atoms with Gasteiger partial charge in [-0.1, -0.05) is 12.8 Å². The van der Waals surface area contributed by atoms with Crippen LogP contribution in [0.1, 0.15) is 13.3 Å². The smallest absolute Gasteiger partial charge is 0.292 e. The number of nitrogens with two attached hydrogens (primary N) is 1. The fourth-order valence-corrected chi connectivity index (χ4v) is 1.27. The summed E-state index contributed by atoms with van der Waals surface area (Å²) in [6.07, 6.45) is 6.07. The van der Waals surface area contributed by atoms with Crippen LogP contribution >= 0.6 is 0 Å². The summed E-state index contributed by atoms with van der Waals surface area (Å²) in [5, 5.41) is 13.6. The first kappa shape index (κ1) is 11.9. The number of terminal acetylenes is 1. The van der Waals surface area contributed by atoms with Gasteiger partial charge in [-0.25, -0.2) is 0 Å². The first-order valence-electron chi connectivity index (χ1n) is 4.85. The molecule has 0 aliphatic rings. The summed E-state index contributed by atoms with van der Waals surface area (Å²) >= 11 is 0. The van der Waals surface area contributed by atoms with Gasteiger partial charge in [0, 0.05) is 11.8 Å². The molecule has 0 saturated carbocycles. The van der Waals surface area contributed by atoms with Gasteiger partial charge in [-0.05, 0) is 18.6 Å². The van der Waals surface area contributed by atoms with Crippen molar-refractivity contribution in [3.63, 3.8) is 0 Å². The molecule has 0 saturated heterocycles. The largest absolute Gasteiger partial charge is 0.393 e. The molecule has 0 radical (unpaired) electrons. The number of nitrogen functional groups attached to an aromatic ring is 1. The first-order valence-corrected chi connectivity index (χ1v) is 4.85. The van der Waals surface area contributed by atoms with Crippen LogP contribution in [-0.4, -0.2) is 11.0 Å². The van der Waals surface area contributed by atoms with E-state index in [-0.39, 0.29) is 17.4 Å². The van der Waals surface area contributed by atoms with Crippen molar-refractivity contribution in [1.82, 2.24) is 0 Å². The molecule has 1 aromatic carbocycles. The maximum Gasteiger partial charge on any atom is 0.292 e. The lowest BCUT2D eigenvalue weighted by atomic mass is 10.2. The average Bonchev–Trinajstić information content (AvgIpc) is 2.25. The SMILES string of the molecule is C#CC(CC)Nc1ccc([N+](=O)[O-])c(N)c1. The van der Waals surface area contributed by atoms with Crippen molar-refractivity contribution < 1.29 is 4.92 Å². The summed E-state index contributed by atoms with van der Waals surface area (Å²) in [4.78, 5) is 10.0. The Kier molecular flexibility index (Phi) is 3.72. The molecule has 5 heteroatoms. The van der Waals surface area contributed by atoms with Crippen molar-refractivity contribution in [3.8, 4) is 12.3 Å². The van der Waals surface area contributed by atoms with Gasteiger partial charge < -0.3 is 11.1 Å². The zero-order chi connectivity index (χ0) is 12.1. The van der Waals surface area contributed by atoms with Crippen LogP contribution in [-0.2, 0) is 0 Å². The Labute approximate surface area is 93.8 Å². The van der Waals surface area contributed by atoms with E-state index >= 15 is 0 Å². The molecule has 0 bridgehead atoms. The lowest BCUT2D eigenvalue weighted by Crippen LogP contribution is -2.15. The molecule has 0 aliphatic carbocycles. The Hall–Kier alpha value is -2.22. The molecule has 3 N–H and O–H groups in total. The van der Waals surface area contributed by atoms with E-state index in [9.17, 15) is 10.1 Å². The number of anilines is 2. The number of benzene rings is 1. The van der Waals surface area contributed by atoms with E-state index in [0.717, 1.165) is 6.42 Å². The molecule has 1 unspecified atom stereocenters. The van der Waals surface area contributed by atoms with Crippen molar-refractivity contribution in [3.05, 3.63) is 28.3 Å². The standard InChI is InChI=1S/C11H13N3O2/c1-3-8(4-2)13-9-5-6-11(14(15)16)10(12)7-9/h1,5-8,13H,4,12H2,2H3. The molecule has 1 rings (SSSR count). The van der Waals surface area contributed by atoms with Gasteiger partial charge in [0.2, 0.25) is 0 Å². The molecule has 0 amide bonds. The molecule has 0 heterocycles. The van der Waals surface area contributed by atoms with Gasteiger partial charge in [-0.3, -0.25) is 10.1 Å². The van der Waals surface area contributed by atoms with E-state index in [1.165, 1.54) is 12.1 Å². The highest BCUT2D eigenvalue weighted by molar-refractivity contribution is 5.66. The van der Waals surface area contributed by atoms with Crippen LogP contribution in [0.3, 0.4) is 0 Å². The van der Waals surface area contributed by atoms with Crippen LogP contribution in [0.4, 0.5) is 17.1 Å². The van der Waals surface area contributed by atoms with Gasteiger partial charge in [0.15, 0.2) is 0 Å². The van der Waals surface area contributed by atoms with E-state index in [1.807, 2.05) is 6.92 Å². The highest BCUT2D eigenvalue weighted by Crippen LogP contribution is 2.25. The van der Waals surface area contributed by atoms with Crippen LogP contribution in [0.15, 0.2) is 18.2 Å². The predicted molar refractivity (Wildman–Crippen MR) is 64.0 cm³/mol. The molecule has 1 aromatic rings. The van der Waals surface area contributed by atoms with Crippen molar-refractivity contribution >= 4 is 17.1 Å². The third-order valence-electron chi connectivity index (χ3n) is 2.17. The normalized spacial score (nSPS) is 11.5. The number of hydrogen-bond acceptors (Lipinski definition) is 4. The third kappa shape index (κ3) is 2.64. The summed E-state index contributed by atoms with van der Waals surface area (Å²) in [6.45, 7) is 1.95. The van der Waals surface area contributed by atoms with E-state index < -0.39 is 4.92 Å². The first-order chi connectivity index (χ1) is 7.58. The number of nitrogens with one attached hydrogen (secondary N) is 1. The van der Waals surface area contributed by atoms with E-state index in [4.69, 9.17) is 12.2 Å². The van der Waals surface area contributed by atoms with Gasteiger partial charge >= 0.3 is 0 Å². The van der Waals surface area contributed by atoms with Crippen molar-refractivity contribution in [2.75, 3.05) is 11.1 Å². The second-order valence-corrected chi connectivity index (χ2v) is 3.30. The number of hydrogen-bond donors (Lipinski definition) is 2. The average molecular weight is 219 g/mol. The van der Waals surface area contributed by atoms with Crippen molar-refractivity contribution in [2.24, 2.45) is 0 Å². The quantitative estimate of drug-likeness (QED) is 0.351. The molecule has 84 valence electrons. The Morgan fingerprint density at radius 2 is 2.38 bits per heavy atom. The minimum atomic E-state index is -0.516. The van der Waals surface area contributed by atoms with E-state index in [2.05, 4.69) is 11.2 Å². The molecule has 0 aliphatic heterocycles. The number of nitro groups is 1. The van der Waals surface area contributed by atoms with E-state index in [0.29, 0.717) is 5.69 Å². The Morgan fingerprint density at radius 1 is 1.69 bits per heavy atom. The topological polar surface area (TPSA) is 81.2 Å². The van der Waals surface area contributed by atoms with Crippen LogP contribution in [0.25, 0.3) is 0 Å². The zero-order valence-electron chi connectivity index (χ0n) is 8.93. The fourth-order valence-electron chi connectivity index (χ4n) is 1.27. The molecule has 0 spiro atoms. The Morgan fingerprint density at radius 3 is 2.81 bits per heavy atom. The van der Waals surface area contributed by atoms with Crippen molar-refractivity contribution in [1.29, 1.82) is 0 Å². The van der Waals surface area contributed by atoms with Crippen LogP contribution < -0.4 is 11.1 Å². The molecule has 0 aromatic heterocycles. The summed E-state index contributed by atoms with van der Waals surface area (Å²) in [6, 6.07) is 4.37. The van der Waals surface area contributed by atoms with Gasteiger partial charge in [-0.15, -0.1) is 6.42 Å². The minimum absolute atomic E-state index is 0.0964. The van der Waals surface area contributed by atoms with Gasteiger partial charge in [0.25, 0.3) is 5.69 Å². The van der Waals surface area contributed by atoms with Gasteiger partial charge in [0.1, 0.15) is 5.69 Å². The monoisotopic (exact) mass is 219 g/mol. The maximum atomic E-state index is 10.5. The second-order valence-electron chi connectivity index (χ2n) is 3.30. The number of nitrogens with zero attached hydrogens (tertiary/aromatic N) is 1. The number of rotatable bonds is 4. The summed E-state index contributed by atoms with van der Waals surface area (Å²) in [5.74, 6) is 2.57. The molecule has 0 fully saturated rings. The fraction of sp³-hybridized carbons (Fsp3) is 0.273. The van der Waals surface area contributed by atoms with Crippen LogP contribution in [0.5, 0.6) is 0 Å². The number of nitro benzene ring substituents is 1. The lowest BCUT2D eigenvalue weighted by molar-refractivity contribution is -0.383. The Balaban J connectivity index is 2.90. The highest BCUT2D eigenvalue weighted by Gasteiger charge is 2.11.